The van der Waals surface area contributed by atoms with E-state index >= 15 is 0 Å². The van der Waals surface area contributed by atoms with Crippen LogP contribution in [0.25, 0.3) is 0 Å². The normalized spacial score (nSPS) is 33.0. The summed E-state index contributed by atoms with van der Waals surface area (Å²) in [6.07, 6.45) is 0.514. The van der Waals surface area contributed by atoms with Crippen LogP contribution in [0.5, 0.6) is 0 Å². The number of hydrogen-bond acceptors (Lipinski definition) is 3. The number of ether oxygens (including phenoxy) is 1. The van der Waals surface area contributed by atoms with E-state index in [4.69, 9.17) is 4.74 Å². The second-order valence-corrected chi connectivity index (χ2v) is 3.23. The Kier molecular flexibility index (Phi) is 1.68. The molecule has 0 N–H and O–H groups in total. The summed E-state index contributed by atoms with van der Waals surface area (Å²) in [6.45, 7) is 2.55. The SMILES string of the molecule is CN(C)C1(C)COC(=O)C1. The Morgan fingerprint density at radius 1 is 1.60 bits per heavy atom. The van der Waals surface area contributed by atoms with Gasteiger partial charge in [-0.1, -0.05) is 0 Å². The molecule has 1 unspecified atom stereocenters. The van der Waals surface area contributed by atoms with Crippen molar-refractivity contribution < 1.29 is 9.53 Å². The molecule has 58 valence electrons. The number of hydrogen-bond donors (Lipinski definition) is 0. The van der Waals surface area contributed by atoms with Gasteiger partial charge >= 0.3 is 5.97 Å². The van der Waals surface area contributed by atoms with Gasteiger partial charge in [0.15, 0.2) is 0 Å². The number of rotatable bonds is 1. The fraction of sp³-hybridized carbons (Fsp3) is 0.857. The van der Waals surface area contributed by atoms with E-state index in [9.17, 15) is 4.79 Å². The van der Waals surface area contributed by atoms with E-state index in [1.54, 1.807) is 0 Å². The van der Waals surface area contributed by atoms with E-state index in [2.05, 4.69) is 0 Å². The molecular formula is C7H13NO2. The van der Waals surface area contributed by atoms with Gasteiger partial charge in [0.05, 0.1) is 12.0 Å². The largest absolute Gasteiger partial charge is 0.464 e. The molecule has 1 rings (SSSR count). The van der Waals surface area contributed by atoms with E-state index in [0.29, 0.717) is 13.0 Å². The maximum absolute atomic E-state index is 10.7. The van der Waals surface area contributed by atoms with Crippen LogP contribution < -0.4 is 0 Å². The highest BCUT2D eigenvalue weighted by atomic mass is 16.5. The number of nitrogens with zero attached hydrogens (tertiary/aromatic N) is 1. The molecule has 0 bridgehead atoms. The summed E-state index contributed by atoms with van der Waals surface area (Å²) in [5.41, 5.74) is -0.0723. The molecule has 1 atom stereocenters. The second kappa shape index (κ2) is 2.23. The summed E-state index contributed by atoms with van der Waals surface area (Å²) >= 11 is 0. The lowest BCUT2D eigenvalue weighted by molar-refractivity contribution is -0.137. The molecule has 1 heterocycles. The van der Waals surface area contributed by atoms with E-state index in [1.165, 1.54) is 0 Å². The Bertz CT molecular complexity index is 156. The zero-order valence-corrected chi connectivity index (χ0v) is 6.68. The zero-order valence-electron chi connectivity index (χ0n) is 6.68. The van der Waals surface area contributed by atoms with Crippen molar-refractivity contribution in [2.75, 3.05) is 20.7 Å². The van der Waals surface area contributed by atoms with E-state index in [1.807, 2.05) is 25.9 Å². The highest BCUT2D eigenvalue weighted by Crippen LogP contribution is 2.23. The minimum absolute atomic E-state index is 0.0723. The summed E-state index contributed by atoms with van der Waals surface area (Å²) in [4.78, 5) is 12.7. The summed E-state index contributed by atoms with van der Waals surface area (Å²) in [7, 11) is 3.92. The zero-order chi connectivity index (χ0) is 7.78. The van der Waals surface area contributed by atoms with Gasteiger partial charge in [0, 0.05) is 0 Å². The molecule has 0 amide bonds. The topological polar surface area (TPSA) is 29.5 Å². The lowest BCUT2D eigenvalue weighted by Crippen LogP contribution is -2.41. The van der Waals surface area contributed by atoms with E-state index in [0.717, 1.165) is 0 Å². The Morgan fingerprint density at radius 3 is 2.40 bits per heavy atom. The summed E-state index contributed by atoms with van der Waals surface area (Å²) in [5, 5.41) is 0. The van der Waals surface area contributed by atoms with Crippen LogP contribution in [0.15, 0.2) is 0 Å². The maximum atomic E-state index is 10.7. The fourth-order valence-corrected chi connectivity index (χ4v) is 0.936. The molecule has 0 saturated carbocycles. The number of likely N-dealkylation sites (N-methyl/N-ethyl adjacent to an activating group) is 1. The predicted molar refractivity (Wildman–Crippen MR) is 37.7 cm³/mol. The van der Waals surface area contributed by atoms with Crippen molar-refractivity contribution in [3.63, 3.8) is 0 Å². The van der Waals surface area contributed by atoms with Crippen molar-refractivity contribution in [2.24, 2.45) is 0 Å². The molecule has 0 aromatic rings. The fourth-order valence-electron chi connectivity index (χ4n) is 0.936. The van der Waals surface area contributed by atoms with Crippen molar-refractivity contribution in [3.8, 4) is 0 Å². The molecule has 1 fully saturated rings. The standard InChI is InChI=1S/C7H13NO2/c1-7(8(2)3)4-6(9)10-5-7/h4-5H2,1-3H3. The highest BCUT2D eigenvalue weighted by Gasteiger charge is 2.37. The van der Waals surface area contributed by atoms with Gasteiger partial charge in [-0.05, 0) is 21.0 Å². The quantitative estimate of drug-likeness (QED) is 0.493. The molecule has 0 radical (unpaired) electrons. The minimum atomic E-state index is -0.0869. The average molecular weight is 143 g/mol. The predicted octanol–water partition coefficient (Wildman–Crippen LogP) is 0.254. The first-order chi connectivity index (χ1) is 4.54. The van der Waals surface area contributed by atoms with Crippen molar-refractivity contribution in [1.82, 2.24) is 4.90 Å². The Balaban J connectivity index is 2.63. The second-order valence-electron chi connectivity index (χ2n) is 3.23. The Hall–Kier alpha value is -0.570. The highest BCUT2D eigenvalue weighted by molar-refractivity contribution is 5.73. The third-order valence-electron chi connectivity index (χ3n) is 2.15. The molecule has 0 aliphatic carbocycles. The molecule has 1 aliphatic heterocycles. The number of carbonyl (C=O) groups excluding carboxylic acids is 1. The Labute approximate surface area is 61.0 Å². The van der Waals surface area contributed by atoms with Gasteiger partial charge in [0.2, 0.25) is 0 Å². The average Bonchev–Trinajstić information content (AvgIpc) is 2.13. The van der Waals surface area contributed by atoms with Crippen molar-refractivity contribution in [3.05, 3.63) is 0 Å². The van der Waals surface area contributed by atoms with Crippen LogP contribution in [0.3, 0.4) is 0 Å². The van der Waals surface area contributed by atoms with Gasteiger partial charge in [-0.2, -0.15) is 0 Å². The van der Waals surface area contributed by atoms with Crippen LogP contribution in [0.4, 0.5) is 0 Å². The maximum Gasteiger partial charge on any atom is 0.307 e. The first kappa shape index (κ1) is 7.54. The Morgan fingerprint density at radius 2 is 2.20 bits per heavy atom. The van der Waals surface area contributed by atoms with Gasteiger partial charge < -0.3 is 9.64 Å². The van der Waals surface area contributed by atoms with E-state index in [-0.39, 0.29) is 11.5 Å². The number of carbonyl (C=O) groups is 1. The van der Waals surface area contributed by atoms with Crippen LogP contribution >= 0.6 is 0 Å². The molecule has 3 heteroatoms. The van der Waals surface area contributed by atoms with Gasteiger partial charge in [-0.25, -0.2) is 0 Å². The van der Waals surface area contributed by atoms with Crippen molar-refractivity contribution >= 4 is 5.97 Å². The summed E-state index contributed by atoms with van der Waals surface area (Å²) < 4.78 is 4.85. The number of esters is 1. The first-order valence-electron chi connectivity index (χ1n) is 3.38. The first-order valence-corrected chi connectivity index (χ1v) is 3.38. The van der Waals surface area contributed by atoms with Gasteiger partial charge in [-0.15, -0.1) is 0 Å². The smallest absolute Gasteiger partial charge is 0.307 e. The van der Waals surface area contributed by atoms with Gasteiger partial charge in [0.1, 0.15) is 6.61 Å². The molecule has 10 heavy (non-hydrogen) atoms. The third-order valence-corrected chi connectivity index (χ3v) is 2.15. The van der Waals surface area contributed by atoms with Crippen LogP contribution in [0.1, 0.15) is 13.3 Å². The van der Waals surface area contributed by atoms with Crippen LogP contribution in [-0.2, 0) is 9.53 Å². The molecule has 0 aromatic carbocycles. The van der Waals surface area contributed by atoms with E-state index < -0.39 is 0 Å². The van der Waals surface area contributed by atoms with Gasteiger partial charge in [-0.3, -0.25) is 4.79 Å². The molecule has 3 nitrogen and oxygen atoms in total. The third kappa shape index (κ3) is 1.14. The lowest BCUT2D eigenvalue weighted by Gasteiger charge is -2.28. The number of cyclic esters (lactones) is 1. The monoisotopic (exact) mass is 143 g/mol. The van der Waals surface area contributed by atoms with Crippen molar-refractivity contribution in [1.29, 1.82) is 0 Å². The van der Waals surface area contributed by atoms with Crippen molar-refractivity contribution in [2.45, 2.75) is 18.9 Å². The van der Waals surface area contributed by atoms with Gasteiger partial charge in [0.25, 0.3) is 0 Å². The molecule has 0 aromatic heterocycles. The molecule has 0 spiro atoms. The molecular weight excluding hydrogens is 130 g/mol. The van der Waals surface area contributed by atoms with Crippen LogP contribution in [-0.4, -0.2) is 37.1 Å². The summed E-state index contributed by atoms with van der Waals surface area (Å²) in [6, 6.07) is 0. The van der Waals surface area contributed by atoms with Crippen LogP contribution in [0, 0.1) is 0 Å². The molecule has 1 saturated heterocycles. The minimum Gasteiger partial charge on any atom is -0.464 e. The lowest BCUT2D eigenvalue weighted by atomic mass is 10.0. The van der Waals surface area contributed by atoms with Crippen LogP contribution in [0.2, 0.25) is 0 Å². The summed E-state index contributed by atoms with van der Waals surface area (Å²) in [5.74, 6) is -0.0869. The molecule has 1 aliphatic rings.